The van der Waals surface area contributed by atoms with Gasteiger partial charge in [0.25, 0.3) is 5.56 Å². The van der Waals surface area contributed by atoms with E-state index in [2.05, 4.69) is 9.72 Å². The minimum atomic E-state index is -2.97. The van der Waals surface area contributed by atoms with Crippen molar-refractivity contribution in [3.05, 3.63) is 64.7 Å². The molecule has 0 amide bonds. The van der Waals surface area contributed by atoms with Gasteiger partial charge in [0, 0.05) is 6.54 Å². The highest BCUT2D eigenvalue weighted by Crippen LogP contribution is 2.29. The van der Waals surface area contributed by atoms with Crippen LogP contribution in [0, 0.1) is 0 Å². The fraction of sp³-hybridized carbons (Fsp3) is 0.250. The molecule has 29 heavy (non-hydrogen) atoms. The topological polar surface area (TPSA) is 79.7 Å². The van der Waals surface area contributed by atoms with Gasteiger partial charge in [-0.2, -0.15) is 8.78 Å². The molecule has 0 saturated carbocycles. The average Bonchev–Trinajstić information content (AvgIpc) is 2.72. The molecule has 9 heteroatoms. The predicted molar refractivity (Wildman–Crippen MR) is 100 cm³/mol. The number of carbonyl (C=O) groups is 1. The smallest absolute Gasteiger partial charge is 0.387 e. The lowest BCUT2D eigenvalue weighted by atomic mass is 10.2. The van der Waals surface area contributed by atoms with Crippen molar-refractivity contribution in [2.75, 3.05) is 7.11 Å². The van der Waals surface area contributed by atoms with Crippen molar-refractivity contribution in [3.8, 4) is 11.5 Å². The van der Waals surface area contributed by atoms with Gasteiger partial charge in [0.2, 0.25) is 0 Å². The number of hydrogen-bond donors (Lipinski definition) is 0. The van der Waals surface area contributed by atoms with Gasteiger partial charge in [-0.05, 0) is 29.8 Å². The largest absolute Gasteiger partial charge is 0.493 e. The number of hydrogen-bond acceptors (Lipinski definition) is 6. The zero-order valence-electron chi connectivity index (χ0n) is 15.5. The summed E-state index contributed by atoms with van der Waals surface area (Å²) in [7, 11) is 1.32. The molecule has 152 valence electrons. The summed E-state index contributed by atoms with van der Waals surface area (Å²) in [5.74, 6) is -0.523. The van der Waals surface area contributed by atoms with Crippen LogP contribution in [0.1, 0.15) is 12.0 Å². The van der Waals surface area contributed by atoms with E-state index in [4.69, 9.17) is 9.47 Å². The van der Waals surface area contributed by atoms with Crippen molar-refractivity contribution >= 4 is 16.9 Å². The molecule has 0 aliphatic carbocycles. The lowest BCUT2D eigenvalue weighted by Crippen LogP contribution is -2.22. The summed E-state index contributed by atoms with van der Waals surface area (Å²) in [6.07, 6.45) is 1.37. The number of carbonyl (C=O) groups excluding carboxylic acids is 1. The van der Waals surface area contributed by atoms with E-state index in [1.165, 1.54) is 36.2 Å². The number of halogens is 2. The molecule has 0 saturated heterocycles. The first-order valence-corrected chi connectivity index (χ1v) is 8.69. The molecule has 0 aliphatic heterocycles. The van der Waals surface area contributed by atoms with Crippen LogP contribution in [-0.2, 0) is 22.7 Å². The standard InChI is InChI=1S/C20H18F2N2O5/c1-27-17-10-13(6-7-16(17)29-20(21)22)11-28-18(25)8-9-24-12-23-15-5-3-2-4-14(15)19(24)26/h2-7,10,12,20H,8-9,11H2,1H3. The molecule has 0 fully saturated rings. The number of aromatic nitrogens is 2. The number of para-hydroxylation sites is 1. The van der Waals surface area contributed by atoms with E-state index in [0.717, 1.165) is 0 Å². The molecule has 1 heterocycles. The molecule has 0 aliphatic rings. The van der Waals surface area contributed by atoms with Gasteiger partial charge in [0.1, 0.15) is 6.61 Å². The molecule has 3 aromatic rings. The summed E-state index contributed by atoms with van der Waals surface area (Å²) >= 11 is 0. The summed E-state index contributed by atoms with van der Waals surface area (Å²) in [6.45, 7) is -2.92. The lowest BCUT2D eigenvalue weighted by molar-refractivity contribution is -0.145. The van der Waals surface area contributed by atoms with Gasteiger partial charge >= 0.3 is 12.6 Å². The molecule has 7 nitrogen and oxygen atoms in total. The number of alkyl halides is 2. The van der Waals surface area contributed by atoms with Crippen molar-refractivity contribution in [2.45, 2.75) is 26.2 Å². The van der Waals surface area contributed by atoms with Gasteiger partial charge in [-0.25, -0.2) is 4.98 Å². The number of aryl methyl sites for hydroxylation is 1. The highest BCUT2D eigenvalue weighted by atomic mass is 19.3. The molecule has 1 aromatic heterocycles. The second-order valence-corrected chi connectivity index (χ2v) is 6.03. The van der Waals surface area contributed by atoms with Crippen molar-refractivity contribution in [1.82, 2.24) is 9.55 Å². The molecule has 0 radical (unpaired) electrons. The third-order valence-electron chi connectivity index (χ3n) is 4.13. The first kappa shape index (κ1) is 20.2. The third-order valence-corrected chi connectivity index (χ3v) is 4.13. The fourth-order valence-electron chi connectivity index (χ4n) is 2.71. The van der Waals surface area contributed by atoms with Gasteiger partial charge in [-0.3, -0.25) is 14.2 Å². The quantitative estimate of drug-likeness (QED) is 0.537. The monoisotopic (exact) mass is 404 g/mol. The van der Waals surface area contributed by atoms with Crippen LogP contribution in [-0.4, -0.2) is 29.2 Å². The Kier molecular flexibility index (Phi) is 6.38. The van der Waals surface area contributed by atoms with Crippen molar-refractivity contribution < 1.29 is 27.8 Å². The molecule has 0 spiro atoms. The molecule has 0 N–H and O–H groups in total. The maximum Gasteiger partial charge on any atom is 0.387 e. The van der Waals surface area contributed by atoms with Crippen LogP contribution in [0.2, 0.25) is 0 Å². The van der Waals surface area contributed by atoms with E-state index in [0.29, 0.717) is 16.5 Å². The zero-order chi connectivity index (χ0) is 20.8. The summed E-state index contributed by atoms with van der Waals surface area (Å²) < 4.78 is 40.6. The Morgan fingerprint density at radius 3 is 2.72 bits per heavy atom. The summed E-state index contributed by atoms with van der Waals surface area (Å²) in [4.78, 5) is 28.6. The number of esters is 1. The SMILES string of the molecule is COc1cc(COC(=O)CCn2cnc3ccccc3c2=O)ccc1OC(F)F. The fourth-order valence-corrected chi connectivity index (χ4v) is 2.71. The summed E-state index contributed by atoms with van der Waals surface area (Å²) in [6, 6.07) is 11.2. The van der Waals surface area contributed by atoms with E-state index in [9.17, 15) is 18.4 Å². The maximum absolute atomic E-state index is 12.4. The number of rotatable bonds is 8. The lowest BCUT2D eigenvalue weighted by Gasteiger charge is -2.12. The Morgan fingerprint density at radius 1 is 1.17 bits per heavy atom. The van der Waals surface area contributed by atoms with E-state index in [1.807, 2.05) is 0 Å². The second-order valence-electron chi connectivity index (χ2n) is 6.03. The molecule has 0 bridgehead atoms. The van der Waals surface area contributed by atoms with Crippen LogP contribution in [0.25, 0.3) is 10.9 Å². The number of fused-ring (bicyclic) bond motifs is 1. The van der Waals surface area contributed by atoms with Gasteiger partial charge < -0.3 is 14.2 Å². The minimum absolute atomic E-state index is 0.0242. The van der Waals surface area contributed by atoms with Crippen LogP contribution in [0.5, 0.6) is 11.5 Å². The first-order chi connectivity index (χ1) is 14.0. The van der Waals surface area contributed by atoms with Gasteiger partial charge in [0.15, 0.2) is 11.5 Å². The Balaban J connectivity index is 1.58. The van der Waals surface area contributed by atoms with E-state index in [1.54, 1.807) is 24.3 Å². The molecular weight excluding hydrogens is 386 g/mol. The molecule has 0 atom stereocenters. The van der Waals surface area contributed by atoms with Gasteiger partial charge in [0.05, 0.1) is 30.8 Å². The Hall–Kier alpha value is -3.49. The first-order valence-electron chi connectivity index (χ1n) is 8.69. The van der Waals surface area contributed by atoms with Crippen LogP contribution in [0.3, 0.4) is 0 Å². The Morgan fingerprint density at radius 2 is 1.97 bits per heavy atom. The van der Waals surface area contributed by atoms with Crippen LogP contribution in [0.4, 0.5) is 8.78 Å². The van der Waals surface area contributed by atoms with Gasteiger partial charge in [-0.15, -0.1) is 0 Å². The number of benzene rings is 2. The summed E-state index contributed by atoms with van der Waals surface area (Å²) in [5, 5.41) is 0.474. The predicted octanol–water partition coefficient (Wildman–Crippen LogP) is 3.14. The van der Waals surface area contributed by atoms with Gasteiger partial charge in [-0.1, -0.05) is 18.2 Å². The van der Waals surface area contributed by atoms with Crippen LogP contribution >= 0.6 is 0 Å². The normalized spacial score (nSPS) is 10.9. The van der Waals surface area contributed by atoms with Crippen LogP contribution in [0.15, 0.2) is 53.6 Å². The van der Waals surface area contributed by atoms with Crippen molar-refractivity contribution in [1.29, 1.82) is 0 Å². The van der Waals surface area contributed by atoms with Crippen LogP contribution < -0.4 is 15.0 Å². The third kappa shape index (κ3) is 5.07. The molecule has 2 aromatic carbocycles. The van der Waals surface area contributed by atoms with E-state index >= 15 is 0 Å². The maximum atomic E-state index is 12.4. The molecule has 3 rings (SSSR count). The van der Waals surface area contributed by atoms with Crippen molar-refractivity contribution in [3.63, 3.8) is 0 Å². The highest BCUT2D eigenvalue weighted by Gasteiger charge is 2.12. The second kappa shape index (κ2) is 9.13. The molecule has 0 unspecified atom stereocenters. The zero-order valence-corrected chi connectivity index (χ0v) is 15.5. The summed E-state index contributed by atoms with van der Waals surface area (Å²) in [5.41, 5.74) is 0.897. The highest BCUT2D eigenvalue weighted by molar-refractivity contribution is 5.77. The van der Waals surface area contributed by atoms with E-state index < -0.39 is 12.6 Å². The number of nitrogens with zero attached hydrogens (tertiary/aromatic N) is 2. The molecular formula is C20H18F2N2O5. The number of ether oxygens (including phenoxy) is 3. The Labute approximate surface area is 164 Å². The van der Waals surface area contributed by atoms with E-state index in [-0.39, 0.29) is 36.6 Å². The Bertz CT molecular complexity index is 1070. The number of methoxy groups -OCH3 is 1. The minimum Gasteiger partial charge on any atom is -0.493 e. The average molecular weight is 404 g/mol. The van der Waals surface area contributed by atoms with Crippen molar-refractivity contribution in [2.24, 2.45) is 0 Å².